The molecule has 0 saturated heterocycles. The number of ether oxygens (including phenoxy) is 1. The van der Waals surface area contributed by atoms with E-state index in [2.05, 4.69) is 15.3 Å². The first-order valence-corrected chi connectivity index (χ1v) is 13.2. The van der Waals surface area contributed by atoms with Gasteiger partial charge in [0.15, 0.2) is 11.4 Å². The number of nitrogens with zero attached hydrogens (tertiary/aromatic N) is 3. The molecule has 1 aliphatic carbocycles. The van der Waals surface area contributed by atoms with Gasteiger partial charge < -0.3 is 20.1 Å². The molecule has 1 fully saturated rings. The zero-order chi connectivity index (χ0) is 29.5. The monoisotopic (exact) mass is 592 g/mol. The average molecular weight is 593 g/mol. The summed E-state index contributed by atoms with van der Waals surface area (Å²) in [4.78, 5) is 35.1. The van der Waals surface area contributed by atoms with E-state index in [1.165, 1.54) is 24.3 Å². The Morgan fingerprint density at radius 3 is 2.59 bits per heavy atom. The number of alkyl halides is 2. The second-order valence-electron chi connectivity index (χ2n) is 10.0. The van der Waals surface area contributed by atoms with Crippen molar-refractivity contribution in [2.24, 2.45) is 5.92 Å². The van der Waals surface area contributed by atoms with Gasteiger partial charge in [0.2, 0.25) is 0 Å². The van der Waals surface area contributed by atoms with Crippen molar-refractivity contribution >= 4 is 29.1 Å². The van der Waals surface area contributed by atoms with Gasteiger partial charge in [0.05, 0.1) is 23.4 Å². The van der Waals surface area contributed by atoms with Crippen LogP contribution in [0.2, 0.25) is 5.02 Å². The SMILES string of the molecule is COc1nccc(C2(O)C(=O)N(CC3CCC(NC(=O)c4cc(Cl)cnc4C(F)F)CC3)c3ccc(F)cc32)c1F. The highest BCUT2D eigenvalue weighted by Gasteiger charge is 2.53. The number of anilines is 1. The molecule has 1 aromatic carbocycles. The Morgan fingerprint density at radius 1 is 1.17 bits per heavy atom. The Hall–Kier alpha value is -3.77. The van der Waals surface area contributed by atoms with E-state index in [9.17, 15) is 27.9 Å². The van der Waals surface area contributed by atoms with Crippen LogP contribution in [0.3, 0.4) is 0 Å². The van der Waals surface area contributed by atoms with Gasteiger partial charge in [0.25, 0.3) is 24.1 Å². The van der Waals surface area contributed by atoms with E-state index in [4.69, 9.17) is 16.3 Å². The molecule has 13 heteroatoms. The van der Waals surface area contributed by atoms with Crippen LogP contribution in [0, 0.1) is 17.6 Å². The Labute approximate surface area is 237 Å². The van der Waals surface area contributed by atoms with Crippen molar-refractivity contribution in [1.82, 2.24) is 15.3 Å². The summed E-state index contributed by atoms with van der Waals surface area (Å²) in [7, 11) is 1.19. The van der Waals surface area contributed by atoms with E-state index in [-0.39, 0.29) is 40.3 Å². The van der Waals surface area contributed by atoms with E-state index in [0.29, 0.717) is 25.7 Å². The fourth-order valence-electron chi connectivity index (χ4n) is 5.56. The third kappa shape index (κ3) is 5.21. The lowest BCUT2D eigenvalue weighted by molar-refractivity contribution is -0.132. The largest absolute Gasteiger partial charge is 0.479 e. The molecule has 1 saturated carbocycles. The van der Waals surface area contributed by atoms with Crippen molar-refractivity contribution in [2.75, 3.05) is 18.6 Å². The molecular weight excluding hydrogens is 568 g/mol. The first-order valence-electron chi connectivity index (χ1n) is 12.8. The summed E-state index contributed by atoms with van der Waals surface area (Å²) in [6.45, 7) is 0.151. The molecule has 1 atom stereocenters. The molecule has 8 nitrogen and oxygen atoms in total. The van der Waals surface area contributed by atoms with Crippen LogP contribution in [0.4, 0.5) is 23.2 Å². The normalized spacial score (nSPS) is 22.1. The van der Waals surface area contributed by atoms with E-state index in [1.807, 2.05) is 0 Å². The standard InChI is InChI=1S/C28H25ClF4N4O4/c1-41-26-22(31)19(8-9-34-26)28(40)20-11-16(30)4-7-21(20)37(27(28)39)13-14-2-5-17(6-3-14)36-25(38)18-10-15(29)12-35-23(18)24(32)33/h4,7-12,14,17,24,40H,2-3,5-6,13H2,1H3,(H,36,38). The molecule has 2 aromatic heterocycles. The lowest BCUT2D eigenvalue weighted by Gasteiger charge is -2.32. The van der Waals surface area contributed by atoms with Crippen LogP contribution in [0.1, 0.15) is 59.3 Å². The number of benzene rings is 1. The predicted molar refractivity (Wildman–Crippen MR) is 140 cm³/mol. The molecule has 2 amide bonds. The van der Waals surface area contributed by atoms with Gasteiger partial charge in [0.1, 0.15) is 11.5 Å². The van der Waals surface area contributed by atoms with Crippen LogP contribution in [-0.2, 0) is 10.4 Å². The smallest absolute Gasteiger partial charge is 0.281 e. The number of aliphatic hydroxyl groups is 1. The molecule has 1 unspecified atom stereocenters. The molecule has 2 aliphatic rings. The molecule has 3 aromatic rings. The Bertz CT molecular complexity index is 1500. The number of nitrogens with one attached hydrogen (secondary N) is 1. The molecule has 1 aliphatic heterocycles. The number of halogens is 5. The first-order chi connectivity index (χ1) is 19.5. The maximum atomic E-state index is 15.2. The Balaban J connectivity index is 1.31. The molecule has 216 valence electrons. The minimum Gasteiger partial charge on any atom is -0.479 e. The van der Waals surface area contributed by atoms with Crippen molar-refractivity contribution in [2.45, 2.75) is 43.8 Å². The van der Waals surface area contributed by atoms with Gasteiger partial charge in [-0.15, -0.1) is 0 Å². The summed E-state index contributed by atoms with van der Waals surface area (Å²) in [5.74, 6) is -3.79. The third-order valence-electron chi connectivity index (χ3n) is 7.59. The van der Waals surface area contributed by atoms with Crippen molar-refractivity contribution < 1.29 is 37.0 Å². The lowest BCUT2D eigenvalue weighted by atomic mass is 9.85. The molecule has 3 heterocycles. The molecular formula is C28H25ClF4N4O4. The lowest BCUT2D eigenvalue weighted by Crippen LogP contribution is -2.45. The first kappa shape index (κ1) is 28.7. The molecule has 0 bridgehead atoms. The molecule has 5 rings (SSSR count). The summed E-state index contributed by atoms with van der Waals surface area (Å²) in [6, 6.07) is 5.51. The number of carbonyl (C=O) groups is 2. The van der Waals surface area contributed by atoms with Crippen LogP contribution < -0.4 is 15.0 Å². The highest BCUT2D eigenvalue weighted by atomic mass is 35.5. The van der Waals surface area contributed by atoms with Gasteiger partial charge in [-0.05, 0) is 61.9 Å². The zero-order valence-corrected chi connectivity index (χ0v) is 22.5. The van der Waals surface area contributed by atoms with Crippen molar-refractivity contribution in [3.05, 3.63) is 81.8 Å². The number of hydrogen-bond acceptors (Lipinski definition) is 6. The number of pyridine rings is 2. The minimum absolute atomic E-state index is 0.0590. The number of aromatic nitrogens is 2. The molecule has 0 radical (unpaired) electrons. The van der Waals surface area contributed by atoms with Crippen LogP contribution >= 0.6 is 11.6 Å². The van der Waals surface area contributed by atoms with Crippen LogP contribution in [0.5, 0.6) is 5.88 Å². The third-order valence-corrected chi connectivity index (χ3v) is 7.80. The number of methoxy groups -OCH3 is 1. The predicted octanol–water partition coefficient (Wildman–Crippen LogP) is 4.93. The van der Waals surface area contributed by atoms with Crippen LogP contribution in [0.15, 0.2) is 42.7 Å². The highest BCUT2D eigenvalue weighted by molar-refractivity contribution is 6.30. The summed E-state index contributed by atoms with van der Waals surface area (Å²) in [6.07, 6.45) is 1.38. The van der Waals surface area contributed by atoms with E-state index >= 15 is 4.39 Å². The van der Waals surface area contributed by atoms with Gasteiger partial charge in [-0.25, -0.2) is 22.5 Å². The van der Waals surface area contributed by atoms with Gasteiger partial charge in [-0.2, -0.15) is 0 Å². The summed E-state index contributed by atoms with van der Waals surface area (Å²) in [5.41, 5.74) is -3.71. The average Bonchev–Trinajstić information content (AvgIpc) is 3.15. The van der Waals surface area contributed by atoms with E-state index in [1.54, 1.807) is 0 Å². The topological polar surface area (TPSA) is 105 Å². The van der Waals surface area contributed by atoms with Gasteiger partial charge in [-0.1, -0.05) is 11.6 Å². The van der Waals surface area contributed by atoms with Gasteiger partial charge >= 0.3 is 0 Å². The number of amides is 2. The minimum atomic E-state index is -2.95. The summed E-state index contributed by atoms with van der Waals surface area (Å²) < 4.78 is 61.0. The second kappa shape index (κ2) is 11.2. The zero-order valence-electron chi connectivity index (χ0n) is 21.7. The maximum absolute atomic E-state index is 15.2. The van der Waals surface area contributed by atoms with Crippen molar-refractivity contribution in [3.63, 3.8) is 0 Å². The number of rotatable bonds is 7. The van der Waals surface area contributed by atoms with E-state index < -0.39 is 52.6 Å². The quantitative estimate of drug-likeness (QED) is 0.377. The Morgan fingerprint density at radius 2 is 1.90 bits per heavy atom. The second-order valence-corrected chi connectivity index (χ2v) is 10.5. The number of hydrogen-bond donors (Lipinski definition) is 2. The van der Waals surface area contributed by atoms with Crippen LogP contribution in [0.25, 0.3) is 0 Å². The fourth-order valence-corrected chi connectivity index (χ4v) is 5.72. The van der Waals surface area contributed by atoms with E-state index in [0.717, 1.165) is 30.5 Å². The maximum Gasteiger partial charge on any atom is 0.281 e. The van der Waals surface area contributed by atoms with Crippen molar-refractivity contribution in [3.8, 4) is 5.88 Å². The van der Waals surface area contributed by atoms with Gasteiger partial charge in [-0.3, -0.25) is 14.6 Å². The number of carbonyl (C=O) groups excluding carboxylic acids is 2. The Kier molecular flexibility index (Phi) is 7.89. The molecule has 0 spiro atoms. The number of fused-ring (bicyclic) bond motifs is 1. The van der Waals surface area contributed by atoms with Gasteiger partial charge in [0, 0.05) is 36.1 Å². The molecule has 2 N–H and O–H groups in total. The summed E-state index contributed by atoms with van der Waals surface area (Å²) in [5, 5.41) is 14.5. The van der Waals surface area contributed by atoms with Crippen LogP contribution in [-0.4, -0.2) is 46.6 Å². The summed E-state index contributed by atoms with van der Waals surface area (Å²) >= 11 is 5.86. The highest BCUT2D eigenvalue weighted by Crippen LogP contribution is 2.47. The van der Waals surface area contributed by atoms with Crippen molar-refractivity contribution in [1.29, 1.82) is 0 Å². The molecule has 41 heavy (non-hydrogen) atoms. The fraction of sp³-hybridized carbons (Fsp3) is 0.357.